The Labute approximate surface area is 93.1 Å². The highest BCUT2D eigenvalue weighted by Gasteiger charge is 2.04. The maximum atomic E-state index is 5.56. The number of nitrogens with two attached hydrogens (primary N) is 1. The first-order chi connectivity index (χ1) is 7.19. The molecule has 2 N–H and O–H groups in total. The third kappa shape index (κ3) is 3.24. The van der Waals surface area contributed by atoms with E-state index in [0.29, 0.717) is 0 Å². The van der Waals surface area contributed by atoms with Crippen LogP contribution < -0.4 is 10.6 Å². The van der Waals surface area contributed by atoms with Crippen molar-refractivity contribution in [3.63, 3.8) is 0 Å². The Kier molecular flexibility index (Phi) is 4.63. The molecule has 0 radical (unpaired) electrons. The molecule has 0 aliphatic carbocycles. The summed E-state index contributed by atoms with van der Waals surface area (Å²) in [6.45, 7) is 2.96. The van der Waals surface area contributed by atoms with E-state index in [1.165, 1.54) is 16.8 Å². The first-order valence-electron chi connectivity index (χ1n) is 5.68. The van der Waals surface area contributed by atoms with Gasteiger partial charge in [-0.25, -0.2) is 0 Å². The van der Waals surface area contributed by atoms with Gasteiger partial charge in [0.25, 0.3) is 0 Å². The summed E-state index contributed by atoms with van der Waals surface area (Å²) in [5, 5.41) is 0. The highest BCUT2D eigenvalue weighted by molar-refractivity contribution is 5.54. The Bertz CT molecular complexity index is 305. The molecule has 0 fully saturated rings. The Morgan fingerprint density at radius 2 is 2.00 bits per heavy atom. The number of benzene rings is 1. The van der Waals surface area contributed by atoms with Crippen molar-refractivity contribution in [1.29, 1.82) is 0 Å². The Hall–Kier alpha value is -1.02. The average molecular weight is 206 g/mol. The molecule has 0 saturated heterocycles. The number of hydrogen-bond donors (Lipinski definition) is 1. The van der Waals surface area contributed by atoms with Crippen LogP contribution in [-0.4, -0.2) is 20.6 Å². The minimum absolute atomic E-state index is 0.767. The zero-order chi connectivity index (χ0) is 11.3. The molecule has 0 atom stereocenters. The van der Waals surface area contributed by atoms with Crippen molar-refractivity contribution in [3.05, 3.63) is 29.3 Å². The van der Waals surface area contributed by atoms with Gasteiger partial charge in [-0.15, -0.1) is 0 Å². The molecule has 1 rings (SSSR count). The van der Waals surface area contributed by atoms with E-state index in [-0.39, 0.29) is 0 Å². The van der Waals surface area contributed by atoms with E-state index >= 15 is 0 Å². The van der Waals surface area contributed by atoms with Crippen molar-refractivity contribution in [2.45, 2.75) is 26.2 Å². The van der Waals surface area contributed by atoms with E-state index in [1.54, 1.807) is 0 Å². The molecule has 0 spiro atoms. The molecule has 15 heavy (non-hydrogen) atoms. The lowest BCUT2D eigenvalue weighted by Gasteiger charge is -2.18. The summed E-state index contributed by atoms with van der Waals surface area (Å²) in [4.78, 5) is 2.17. The summed E-state index contributed by atoms with van der Waals surface area (Å²) in [5.41, 5.74) is 9.71. The van der Waals surface area contributed by atoms with Crippen LogP contribution in [0.2, 0.25) is 0 Å². The fraction of sp³-hybridized carbons (Fsp3) is 0.538. The van der Waals surface area contributed by atoms with Crippen molar-refractivity contribution in [2.75, 3.05) is 25.5 Å². The van der Waals surface area contributed by atoms with E-state index < -0.39 is 0 Å². The molecule has 0 amide bonds. The lowest BCUT2D eigenvalue weighted by Crippen LogP contribution is -2.12. The van der Waals surface area contributed by atoms with E-state index in [9.17, 15) is 0 Å². The van der Waals surface area contributed by atoms with E-state index in [0.717, 1.165) is 25.8 Å². The minimum atomic E-state index is 0.767. The molecule has 0 aliphatic heterocycles. The monoisotopic (exact) mass is 206 g/mol. The van der Waals surface area contributed by atoms with E-state index in [4.69, 9.17) is 5.73 Å². The molecule has 0 aromatic heterocycles. The summed E-state index contributed by atoms with van der Waals surface area (Å²) in [7, 11) is 4.18. The van der Waals surface area contributed by atoms with Crippen LogP contribution in [0, 0.1) is 0 Å². The summed E-state index contributed by atoms with van der Waals surface area (Å²) in [6, 6.07) is 6.73. The van der Waals surface area contributed by atoms with Gasteiger partial charge in [0, 0.05) is 19.8 Å². The fourth-order valence-corrected chi connectivity index (χ4v) is 1.79. The Morgan fingerprint density at radius 3 is 2.53 bits per heavy atom. The van der Waals surface area contributed by atoms with Gasteiger partial charge in [-0.1, -0.05) is 19.1 Å². The van der Waals surface area contributed by atoms with Gasteiger partial charge in [-0.2, -0.15) is 0 Å². The van der Waals surface area contributed by atoms with Gasteiger partial charge in [-0.05, 0) is 43.0 Å². The lowest BCUT2D eigenvalue weighted by molar-refractivity contribution is 0.827. The molecule has 1 aromatic carbocycles. The summed E-state index contributed by atoms with van der Waals surface area (Å²) in [5.74, 6) is 0. The van der Waals surface area contributed by atoms with Crippen LogP contribution in [0.1, 0.15) is 24.5 Å². The standard InChI is InChI=1S/C13H22N2/c1-4-11-7-8-13(15(2)3)12(10-11)6-5-9-14/h7-8,10H,4-6,9,14H2,1-3H3. The quantitative estimate of drug-likeness (QED) is 0.800. The molecule has 2 nitrogen and oxygen atoms in total. The summed E-state index contributed by atoms with van der Waals surface area (Å²) < 4.78 is 0. The average Bonchev–Trinajstić information content (AvgIpc) is 2.25. The molecule has 0 bridgehead atoms. The second-order valence-corrected chi connectivity index (χ2v) is 4.10. The van der Waals surface area contributed by atoms with Gasteiger partial charge in [0.05, 0.1) is 0 Å². The van der Waals surface area contributed by atoms with Crippen LogP contribution in [0.4, 0.5) is 5.69 Å². The SMILES string of the molecule is CCc1ccc(N(C)C)c(CCCN)c1. The molecule has 84 valence electrons. The third-order valence-corrected chi connectivity index (χ3v) is 2.68. The summed E-state index contributed by atoms with van der Waals surface area (Å²) in [6.07, 6.45) is 3.25. The zero-order valence-electron chi connectivity index (χ0n) is 10.1. The zero-order valence-corrected chi connectivity index (χ0v) is 10.1. The van der Waals surface area contributed by atoms with Gasteiger partial charge in [0.1, 0.15) is 0 Å². The van der Waals surface area contributed by atoms with Crippen LogP contribution in [0.3, 0.4) is 0 Å². The summed E-state index contributed by atoms with van der Waals surface area (Å²) >= 11 is 0. The predicted molar refractivity (Wildman–Crippen MR) is 67.5 cm³/mol. The molecule has 2 heteroatoms. The number of anilines is 1. The second kappa shape index (κ2) is 5.76. The lowest BCUT2D eigenvalue weighted by atomic mass is 10.0. The molecule has 0 unspecified atom stereocenters. The van der Waals surface area contributed by atoms with Crippen LogP contribution in [-0.2, 0) is 12.8 Å². The van der Waals surface area contributed by atoms with Gasteiger partial charge in [0.15, 0.2) is 0 Å². The maximum Gasteiger partial charge on any atom is 0.0393 e. The number of hydrogen-bond acceptors (Lipinski definition) is 2. The van der Waals surface area contributed by atoms with E-state index in [2.05, 4.69) is 44.1 Å². The Balaban J connectivity index is 2.94. The molecule has 0 saturated carbocycles. The number of aryl methyl sites for hydroxylation is 2. The van der Waals surface area contributed by atoms with Crippen molar-refractivity contribution < 1.29 is 0 Å². The Morgan fingerprint density at radius 1 is 1.27 bits per heavy atom. The van der Waals surface area contributed by atoms with Crippen LogP contribution in [0.15, 0.2) is 18.2 Å². The topological polar surface area (TPSA) is 29.3 Å². The second-order valence-electron chi connectivity index (χ2n) is 4.10. The molecule has 0 aliphatic rings. The van der Waals surface area contributed by atoms with Gasteiger partial charge in [0.2, 0.25) is 0 Å². The van der Waals surface area contributed by atoms with Crippen molar-refractivity contribution in [3.8, 4) is 0 Å². The molecule has 1 aromatic rings. The highest BCUT2D eigenvalue weighted by atomic mass is 15.1. The van der Waals surface area contributed by atoms with Crippen LogP contribution in [0.5, 0.6) is 0 Å². The minimum Gasteiger partial charge on any atom is -0.377 e. The number of rotatable bonds is 5. The van der Waals surface area contributed by atoms with E-state index in [1.807, 2.05) is 0 Å². The largest absolute Gasteiger partial charge is 0.377 e. The van der Waals surface area contributed by atoms with Gasteiger partial charge >= 0.3 is 0 Å². The first kappa shape index (κ1) is 12.1. The van der Waals surface area contributed by atoms with Crippen molar-refractivity contribution >= 4 is 5.69 Å². The van der Waals surface area contributed by atoms with Gasteiger partial charge in [-0.3, -0.25) is 0 Å². The first-order valence-corrected chi connectivity index (χ1v) is 5.68. The normalized spacial score (nSPS) is 10.4. The molecular formula is C13H22N2. The third-order valence-electron chi connectivity index (χ3n) is 2.68. The fourth-order valence-electron chi connectivity index (χ4n) is 1.79. The highest BCUT2D eigenvalue weighted by Crippen LogP contribution is 2.21. The van der Waals surface area contributed by atoms with Gasteiger partial charge < -0.3 is 10.6 Å². The molecular weight excluding hydrogens is 184 g/mol. The smallest absolute Gasteiger partial charge is 0.0393 e. The van der Waals surface area contributed by atoms with Crippen LogP contribution >= 0.6 is 0 Å². The maximum absolute atomic E-state index is 5.56. The number of nitrogens with zero attached hydrogens (tertiary/aromatic N) is 1. The van der Waals surface area contributed by atoms with Crippen molar-refractivity contribution in [1.82, 2.24) is 0 Å². The van der Waals surface area contributed by atoms with Crippen molar-refractivity contribution in [2.24, 2.45) is 5.73 Å². The predicted octanol–water partition coefficient (Wildman–Crippen LogP) is 2.21. The molecule has 0 heterocycles. The van der Waals surface area contributed by atoms with Crippen LogP contribution in [0.25, 0.3) is 0 Å².